The third kappa shape index (κ3) is 1.21. The molecular formula is C11H13NO4. The number of carbonyl (C=O) groups is 2. The standard InChI is InChI=1S/C11H13NO4/c1-2-15-11(14)12-5-3-4-6-7(12)9-10(16-9)8(6)13/h4,7,9-10H,2-3,5H2,1H3/t7-,9-,10+/m0/s1. The summed E-state index contributed by atoms with van der Waals surface area (Å²) in [4.78, 5) is 25.1. The number of hydrogen-bond donors (Lipinski definition) is 0. The van der Waals surface area contributed by atoms with E-state index < -0.39 is 0 Å². The van der Waals surface area contributed by atoms with Gasteiger partial charge in [-0.2, -0.15) is 0 Å². The summed E-state index contributed by atoms with van der Waals surface area (Å²) in [6.45, 7) is 2.73. The molecule has 0 bridgehead atoms. The fourth-order valence-corrected chi connectivity index (χ4v) is 2.54. The van der Waals surface area contributed by atoms with Crippen molar-refractivity contribution in [1.29, 1.82) is 0 Å². The van der Waals surface area contributed by atoms with Crippen molar-refractivity contribution in [2.75, 3.05) is 13.2 Å². The number of fused-ring (bicyclic) bond motifs is 3. The fraction of sp³-hybridized carbons (Fsp3) is 0.636. The summed E-state index contributed by atoms with van der Waals surface area (Å²) < 4.78 is 10.2. The van der Waals surface area contributed by atoms with Gasteiger partial charge >= 0.3 is 6.09 Å². The highest BCUT2D eigenvalue weighted by Crippen LogP contribution is 2.44. The number of ether oxygens (including phenoxy) is 2. The predicted molar refractivity (Wildman–Crippen MR) is 53.9 cm³/mol. The molecule has 2 aliphatic heterocycles. The second-order valence-corrected chi connectivity index (χ2v) is 4.17. The van der Waals surface area contributed by atoms with Gasteiger partial charge in [-0.05, 0) is 13.3 Å². The molecule has 0 aromatic heterocycles. The van der Waals surface area contributed by atoms with Crippen molar-refractivity contribution >= 4 is 11.9 Å². The summed E-state index contributed by atoms with van der Waals surface area (Å²) >= 11 is 0. The Morgan fingerprint density at radius 1 is 1.69 bits per heavy atom. The first-order chi connectivity index (χ1) is 7.74. The van der Waals surface area contributed by atoms with Crippen LogP contribution in [0.1, 0.15) is 13.3 Å². The molecule has 3 rings (SSSR count). The average molecular weight is 223 g/mol. The first-order valence-electron chi connectivity index (χ1n) is 5.57. The number of carbonyl (C=O) groups excluding carboxylic acids is 2. The number of ketones is 1. The van der Waals surface area contributed by atoms with Crippen LogP contribution in [0.3, 0.4) is 0 Å². The van der Waals surface area contributed by atoms with E-state index in [0.717, 1.165) is 12.0 Å². The molecule has 1 saturated heterocycles. The van der Waals surface area contributed by atoms with Gasteiger partial charge in [0.25, 0.3) is 0 Å². The van der Waals surface area contributed by atoms with Crippen LogP contribution >= 0.6 is 0 Å². The van der Waals surface area contributed by atoms with Crippen LogP contribution < -0.4 is 0 Å². The lowest BCUT2D eigenvalue weighted by atomic mass is 10.0. The Kier molecular flexibility index (Phi) is 2.04. The Bertz CT molecular complexity index is 389. The summed E-state index contributed by atoms with van der Waals surface area (Å²) in [7, 11) is 0. The summed E-state index contributed by atoms with van der Waals surface area (Å²) in [5.74, 6) is 0.0454. The van der Waals surface area contributed by atoms with E-state index in [2.05, 4.69) is 0 Å². The van der Waals surface area contributed by atoms with Crippen LogP contribution in [0.25, 0.3) is 0 Å². The maximum Gasteiger partial charge on any atom is 0.410 e. The van der Waals surface area contributed by atoms with Gasteiger partial charge in [-0.1, -0.05) is 6.08 Å². The minimum absolute atomic E-state index is 0.0454. The highest BCUT2D eigenvalue weighted by atomic mass is 16.6. The molecule has 0 radical (unpaired) electrons. The van der Waals surface area contributed by atoms with Crippen LogP contribution in [0.15, 0.2) is 11.6 Å². The number of rotatable bonds is 1. The molecule has 86 valence electrons. The van der Waals surface area contributed by atoms with E-state index in [-0.39, 0.29) is 30.1 Å². The number of amides is 1. The van der Waals surface area contributed by atoms with Gasteiger partial charge in [-0.3, -0.25) is 9.69 Å². The van der Waals surface area contributed by atoms with Crippen molar-refractivity contribution in [1.82, 2.24) is 4.90 Å². The van der Waals surface area contributed by atoms with Crippen molar-refractivity contribution in [3.63, 3.8) is 0 Å². The smallest absolute Gasteiger partial charge is 0.410 e. The van der Waals surface area contributed by atoms with E-state index in [9.17, 15) is 9.59 Å². The maximum atomic E-state index is 11.7. The van der Waals surface area contributed by atoms with Crippen LogP contribution in [0, 0.1) is 0 Å². The molecule has 16 heavy (non-hydrogen) atoms. The zero-order valence-electron chi connectivity index (χ0n) is 9.01. The van der Waals surface area contributed by atoms with Crippen LogP contribution in [0.5, 0.6) is 0 Å². The Balaban J connectivity index is 1.85. The minimum Gasteiger partial charge on any atom is -0.450 e. The number of hydrogen-bond acceptors (Lipinski definition) is 4. The molecule has 3 atom stereocenters. The van der Waals surface area contributed by atoms with Crippen LogP contribution in [0.4, 0.5) is 4.79 Å². The van der Waals surface area contributed by atoms with Crippen LogP contribution in [-0.4, -0.2) is 48.2 Å². The molecule has 0 N–H and O–H groups in total. The lowest BCUT2D eigenvalue weighted by Crippen LogP contribution is -2.46. The first kappa shape index (κ1) is 9.84. The van der Waals surface area contributed by atoms with Gasteiger partial charge in [-0.25, -0.2) is 4.79 Å². The molecule has 0 unspecified atom stereocenters. The van der Waals surface area contributed by atoms with E-state index in [1.807, 2.05) is 6.08 Å². The summed E-state index contributed by atoms with van der Waals surface area (Å²) in [6.07, 6.45) is 1.88. The Labute approximate surface area is 93.0 Å². The molecule has 5 heteroatoms. The van der Waals surface area contributed by atoms with Gasteiger partial charge in [0.05, 0.1) is 12.6 Å². The minimum atomic E-state index is -0.345. The number of nitrogens with zero attached hydrogens (tertiary/aromatic N) is 1. The zero-order chi connectivity index (χ0) is 11.3. The lowest BCUT2D eigenvalue weighted by molar-refractivity contribution is -0.117. The van der Waals surface area contributed by atoms with E-state index >= 15 is 0 Å². The normalized spacial score (nSPS) is 35.3. The molecule has 0 aromatic rings. The van der Waals surface area contributed by atoms with E-state index in [0.29, 0.717) is 13.2 Å². The highest BCUT2D eigenvalue weighted by molar-refractivity contribution is 6.06. The average Bonchev–Trinajstić information content (AvgIpc) is 3.02. The van der Waals surface area contributed by atoms with Gasteiger partial charge in [0.1, 0.15) is 12.2 Å². The van der Waals surface area contributed by atoms with Crippen molar-refractivity contribution in [3.05, 3.63) is 11.6 Å². The largest absolute Gasteiger partial charge is 0.450 e. The third-order valence-electron chi connectivity index (χ3n) is 3.27. The van der Waals surface area contributed by atoms with Crippen molar-refractivity contribution in [2.24, 2.45) is 0 Å². The van der Waals surface area contributed by atoms with Gasteiger partial charge in [0.15, 0.2) is 5.78 Å². The number of epoxide rings is 1. The topological polar surface area (TPSA) is 59.1 Å². The maximum absolute atomic E-state index is 11.7. The van der Waals surface area contributed by atoms with E-state index in [1.54, 1.807) is 11.8 Å². The molecule has 3 aliphatic rings. The van der Waals surface area contributed by atoms with Gasteiger partial charge < -0.3 is 9.47 Å². The second kappa shape index (κ2) is 3.31. The van der Waals surface area contributed by atoms with Crippen molar-refractivity contribution in [2.45, 2.75) is 31.6 Å². The lowest BCUT2D eigenvalue weighted by Gasteiger charge is -2.32. The molecular weight excluding hydrogens is 210 g/mol. The second-order valence-electron chi connectivity index (χ2n) is 4.17. The Morgan fingerprint density at radius 2 is 2.50 bits per heavy atom. The van der Waals surface area contributed by atoms with Crippen LogP contribution in [0.2, 0.25) is 0 Å². The summed E-state index contributed by atoms with van der Waals surface area (Å²) in [6, 6.07) is -0.203. The SMILES string of the molecule is CCOC(=O)N1CCC=C2C(=O)[C@H]3O[C@H]3[C@H]21. The molecule has 1 amide bonds. The highest BCUT2D eigenvalue weighted by Gasteiger charge is 2.62. The van der Waals surface area contributed by atoms with Gasteiger partial charge in [-0.15, -0.1) is 0 Å². The monoisotopic (exact) mass is 223 g/mol. The summed E-state index contributed by atoms with van der Waals surface area (Å²) in [5.41, 5.74) is 0.737. The molecule has 2 fully saturated rings. The van der Waals surface area contributed by atoms with E-state index in [4.69, 9.17) is 9.47 Å². The van der Waals surface area contributed by atoms with Crippen molar-refractivity contribution < 1.29 is 19.1 Å². The molecule has 5 nitrogen and oxygen atoms in total. The third-order valence-corrected chi connectivity index (χ3v) is 3.27. The molecule has 1 aliphatic carbocycles. The molecule has 0 aromatic carbocycles. The number of Topliss-reactive ketones (excluding diaryl/α,β-unsaturated/α-hetero) is 1. The Morgan fingerprint density at radius 3 is 3.25 bits per heavy atom. The van der Waals surface area contributed by atoms with Gasteiger partial charge in [0.2, 0.25) is 0 Å². The quantitative estimate of drug-likeness (QED) is 0.607. The Hall–Kier alpha value is -1.36. The first-order valence-corrected chi connectivity index (χ1v) is 5.57. The van der Waals surface area contributed by atoms with Crippen LogP contribution in [-0.2, 0) is 14.3 Å². The summed E-state index contributed by atoms with van der Waals surface area (Å²) in [5, 5.41) is 0. The molecule has 1 saturated carbocycles. The molecule has 0 spiro atoms. The van der Waals surface area contributed by atoms with Gasteiger partial charge in [0, 0.05) is 12.1 Å². The fourth-order valence-electron chi connectivity index (χ4n) is 2.54. The predicted octanol–water partition coefficient (Wildman–Crippen LogP) is 0.494. The zero-order valence-corrected chi connectivity index (χ0v) is 9.01. The van der Waals surface area contributed by atoms with E-state index in [1.165, 1.54) is 0 Å². The molecule has 2 heterocycles. The van der Waals surface area contributed by atoms with Crippen molar-refractivity contribution in [3.8, 4) is 0 Å².